The van der Waals surface area contributed by atoms with Crippen molar-refractivity contribution in [3.8, 4) is 0 Å². The van der Waals surface area contributed by atoms with Crippen LogP contribution in [-0.2, 0) is 9.53 Å². The van der Waals surface area contributed by atoms with Crippen LogP contribution in [0.15, 0.2) is 23.1 Å². The Balaban J connectivity index is 2.75. The molecule has 1 aromatic rings. The molecule has 3 nitrogen and oxygen atoms in total. The zero-order valence-corrected chi connectivity index (χ0v) is 11.6. The van der Waals surface area contributed by atoms with Crippen LogP contribution >= 0.6 is 11.8 Å². The second kappa shape index (κ2) is 7.38. The highest BCUT2D eigenvalue weighted by atomic mass is 32.2. The van der Waals surface area contributed by atoms with Gasteiger partial charge in [0.05, 0.1) is 13.5 Å². The third kappa shape index (κ3) is 3.99. The Morgan fingerprint density at radius 2 is 2.28 bits per heavy atom. The van der Waals surface area contributed by atoms with Gasteiger partial charge in [-0.15, -0.1) is 11.8 Å². The van der Waals surface area contributed by atoms with E-state index in [1.165, 1.54) is 24.9 Å². The van der Waals surface area contributed by atoms with Crippen molar-refractivity contribution in [2.24, 2.45) is 0 Å². The number of thioether (sulfide) groups is 1. The van der Waals surface area contributed by atoms with Gasteiger partial charge in [-0.3, -0.25) is 4.79 Å². The lowest BCUT2D eigenvalue weighted by atomic mass is 10.1. The second-order valence-corrected chi connectivity index (χ2v) is 4.97. The molecule has 100 valence electrons. The smallest absolute Gasteiger partial charge is 0.306 e. The zero-order valence-electron chi connectivity index (χ0n) is 10.8. The van der Waals surface area contributed by atoms with Crippen molar-refractivity contribution >= 4 is 17.7 Å². The minimum Gasteiger partial charge on any atom is -0.469 e. The number of nitrogens with one attached hydrogen (secondary N) is 1. The maximum atomic E-state index is 13.8. The van der Waals surface area contributed by atoms with Crippen molar-refractivity contribution in [2.75, 3.05) is 19.9 Å². The molecule has 0 fully saturated rings. The lowest BCUT2D eigenvalue weighted by molar-refractivity contribution is -0.140. The molecule has 0 aromatic heterocycles. The topological polar surface area (TPSA) is 38.3 Å². The van der Waals surface area contributed by atoms with E-state index in [1.54, 1.807) is 13.1 Å². The van der Waals surface area contributed by atoms with Gasteiger partial charge in [0.15, 0.2) is 0 Å². The van der Waals surface area contributed by atoms with E-state index in [9.17, 15) is 9.18 Å². The number of carbonyl (C=O) groups is 1. The molecule has 0 aliphatic heterocycles. The van der Waals surface area contributed by atoms with Gasteiger partial charge < -0.3 is 10.1 Å². The van der Waals surface area contributed by atoms with Crippen molar-refractivity contribution in [2.45, 2.75) is 24.3 Å². The Morgan fingerprint density at radius 3 is 2.89 bits per heavy atom. The molecule has 0 saturated carbocycles. The van der Waals surface area contributed by atoms with Gasteiger partial charge >= 0.3 is 5.97 Å². The van der Waals surface area contributed by atoms with Crippen molar-refractivity contribution < 1.29 is 13.9 Å². The lowest BCUT2D eigenvalue weighted by Gasteiger charge is -2.16. The number of carbonyl (C=O) groups excluding carboxylic acids is 1. The van der Waals surface area contributed by atoms with E-state index < -0.39 is 0 Å². The number of halogens is 1. The number of methoxy groups -OCH3 is 1. The maximum Gasteiger partial charge on any atom is 0.306 e. The first-order chi connectivity index (χ1) is 8.60. The van der Waals surface area contributed by atoms with Crippen LogP contribution in [0.25, 0.3) is 0 Å². The monoisotopic (exact) mass is 271 g/mol. The van der Waals surface area contributed by atoms with Gasteiger partial charge in [-0.25, -0.2) is 4.39 Å². The number of hydrogen-bond acceptors (Lipinski definition) is 4. The fourth-order valence-corrected chi connectivity index (χ4v) is 2.65. The van der Waals surface area contributed by atoms with E-state index in [0.29, 0.717) is 17.7 Å². The van der Waals surface area contributed by atoms with Crippen LogP contribution in [0.4, 0.5) is 4.39 Å². The van der Waals surface area contributed by atoms with Crippen LogP contribution in [0.5, 0.6) is 0 Å². The fourth-order valence-electron chi connectivity index (χ4n) is 1.55. The third-order valence-corrected chi connectivity index (χ3v) is 3.75. The Kier molecular flexibility index (Phi) is 6.15. The van der Waals surface area contributed by atoms with Crippen molar-refractivity contribution in [3.63, 3.8) is 0 Å². The summed E-state index contributed by atoms with van der Waals surface area (Å²) in [6.07, 6.45) is 0.324. The van der Waals surface area contributed by atoms with Crippen LogP contribution in [-0.4, -0.2) is 25.9 Å². The molecule has 0 aliphatic rings. The number of hydrogen-bond donors (Lipinski definition) is 1. The predicted molar refractivity (Wildman–Crippen MR) is 71.2 cm³/mol. The largest absolute Gasteiger partial charge is 0.469 e. The average molecular weight is 271 g/mol. The molecule has 18 heavy (non-hydrogen) atoms. The summed E-state index contributed by atoms with van der Waals surface area (Å²) in [7, 11) is 3.16. The third-order valence-electron chi connectivity index (χ3n) is 2.67. The summed E-state index contributed by atoms with van der Waals surface area (Å²) in [6.45, 7) is 1.91. The van der Waals surface area contributed by atoms with Crippen LogP contribution < -0.4 is 5.32 Å². The van der Waals surface area contributed by atoms with Gasteiger partial charge in [-0.05, 0) is 26.1 Å². The number of esters is 1. The van der Waals surface area contributed by atoms with Crippen molar-refractivity contribution in [1.82, 2.24) is 5.32 Å². The minimum atomic E-state index is -0.248. The van der Waals surface area contributed by atoms with E-state index in [2.05, 4.69) is 10.1 Å². The summed E-state index contributed by atoms with van der Waals surface area (Å²) in [5.41, 5.74) is 0.648. The Morgan fingerprint density at radius 1 is 1.56 bits per heavy atom. The normalized spacial score (nSPS) is 12.2. The first-order valence-corrected chi connectivity index (χ1v) is 6.74. The summed E-state index contributed by atoms with van der Waals surface area (Å²) in [5.74, 6) is 0.113. The molecule has 0 heterocycles. The summed E-state index contributed by atoms with van der Waals surface area (Å²) in [4.78, 5) is 11.9. The highest BCUT2D eigenvalue weighted by Gasteiger charge is 2.14. The Bertz CT molecular complexity index is 412. The van der Waals surface area contributed by atoms with E-state index in [0.717, 1.165) is 4.90 Å². The van der Waals surface area contributed by atoms with Crippen molar-refractivity contribution in [3.05, 3.63) is 29.6 Å². The molecule has 0 radical (unpaired) electrons. The zero-order chi connectivity index (χ0) is 13.5. The summed E-state index contributed by atoms with van der Waals surface area (Å²) >= 11 is 1.47. The van der Waals surface area contributed by atoms with E-state index in [-0.39, 0.29) is 17.8 Å². The fraction of sp³-hybridized carbons (Fsp3) is 0.462. The van der Waals surface area contributed by atoms with Gasteiger partial charge in [0.1, 0.15) is 5.82 Å². The molecule has 0 spiro atoms. The van der Waals surface area contributed by atoms with Gasteiger partial charge in [0.2, 0.25) is 0 Å². The van der Waals surface area contributed by atoms with E-state index in [1.807, 2.05) is 13.0 Å². The number of ether oxygens (including phenoxy) is 1. The molecular formula is C13H18FNO2S. The summed E-state index contributed by atoms with van der Waals surface area (Å²) in [5, 5.41) is 3.03. The molecule has 0 aliphatic carbocycles. The molecule has 1 N–H and O–H groups in total. The first-order valence-electron chi connectivity index (χ1n) is 5.75. The highest BCUT2D eigenvalue weighted by Crippen LogP contribution is 2.30. The average Bonchev–Trinajstić information content (AvgIpc) is 2.37. The van der Waals surface area contributed by atoms with Gasteiger partial charge in [0.25, 0.3) is 0 Å². The summed E-state index contributed by atoms with van der Waals surface area (Å²) in [6, 6.07) is 4.94. The molecule has 0 bridgehead atoms. The first kappa shape index (κ1) is 15.0. The molecule has 0 amide bonds. The second-order valence-electron chi connectivity index (χ2n) is 3.84. The quantitative estimate of drug-likeness (QED) is 0.638. The Hall–Kier alpha value is -1.07. The van der Waals surface area contributed by atoms with Crippen molar-refractivity contribution in [1.29, 1.82) is 0 Å². The standard InChI is InChI=1S/C13H18FNO2S/c1-9(15-2)13-10(14)5-4-6-11(13)18-8-7-12(16)17-3/h4-6,9,15H,7-8H2,1-3H3. The minimum absolute atomic E-state index is 0.0631. The Labute approximate surface area is 111 Å². The molecule has 5 heteroatoms. The van der Waals surface area contributed by atoms with Crippen LogP contribution in [0.1, 0.15) is 24.9 Å². The van der Waals surface area contributed by atoms with E-state index >= 15 is 0 Å². The van der Waals surface area contributed by atoms with Crippen LogP contribution in [0.3, 0.4) is 0 Å². The van der Waals surface area contributed by atoms with Crippen LogP contribution in [0.2, 0.25) is 0 Å². The summed E-state index contributed by atoms with van der Waals surface area (Å²) < 4.78 is 18.4. The maximum absolute atomic E-state index is 13.8. The van der Waals surface area contributed by atoms with E-state index in [4.69, 9.17) is 0 Å². The molecule has 1 atom stereocenters. The van der Waals surface area contributed by atoms with Crippen LogP contribution in [0, 0.1) is 5.82 Å². The van der Waals surface area contributed by atoms with Gasteiger partial charge in [-0.2, -0.15) is 0 Å². The SMILES string of the molecule is CNC(C)c1c(F)cccc1SCCC(=O)OC. The molecular weight excluding hydrogens is 253 g/mol. The lowest BCUT2D eigenvalue weighted by Crippen LogP contribution is -2.15. The van der Waals surface area contributed by atoms with Gasteiger partial charge in [-0.1, -0.05) is 6.07 Å². The molecule has 1 unspecified atom stereocenters. The van der Waals surface area contributed by atoms with Gasteiger partial charge in [0, 0.05) is 22.3 Å². The number of benzene rings is 1. The molecule has 1 aromatic carbocycles. The predicted octanol–water partition coefficient (Wildman–Crippen LogP) is 2.76. The highest BCUT2D eigenvalue weighted by molar-refractivity contribution is 7.99. The molecule has 0 saturated heterocycles. The molecule has 1 rings (SSSR count). The number of rotatable bonds is 6.